The third kappa shape index (κ3) is 2.87. The molecule has 33 heavy (non-hydrogen) atoms. The molecule has 4 heteroatoms. The first-order valence-electron chi connectivity index (χ1n) is 10.9. The summed E-state index contributed by atoms with van der Waals surface area (Å²) in [7, 11) is 0. The van der Waals surface area contributed by atoms with E-state index in [4.69, 9.17) is 0 Å². The zero-order chi connectivity index (χ0) is 22.9. The number of nitro benzene ring substituents is 1. The minimum Gasteiger partial charge on any atom is -0.258 e. The molecule has 0 aromatic heterocycles. The molecule has 0 spiro atoms. The molecule has 0 bridgehead atoms. The van der Waals surface area contributed by atoms with Crippen LogP contribution in [0.3, 0.4) is 0 Å². The maximum Gasteiger partial charge on any atom is 0.291 e. The Bertz CT molecular complexity index is 1630. The summed E-state index contributed by atoms with van der Waals surface area (Å²) in [4.78, 5) is 11.7. The third-order valence-corrected chi connectivity index (χ3v) is 7.47. The van der Waals surface area contributed by atoms with Gasteiger partial charge in [-0.3, -0.25) is 10.1 Å². The predicted octanol–water partition coefficient (Wildman–Crippen LogP) is 6.57. The van der Waals surface area contributed by atoms with Gasteiger partial charge in [0.25, 0.3) is 5.69 Å². The summed E-state index contributed by atoms with van der Waals surface area (Å²) >= 11 is 3.40. The van der Waals surface area contributed by atoms with Gasteiger partial charge in [-0.15, -0.1) is 0 Å². The van der Waals surface area contributed by atoms with E-state index in [1.165, 1.54) is 32.7 Å². The van der Waals surface area contributed by atoms with E-state index >= 15 is 0 Å². The maximum atomic E-state index is 12.0. The molecule has 0 radical (unpaired) electrons. The minimum atomic E-state index is -0.299. The molecule has 3 nitrogen and oxygen atoms in total. The van der Waals surface area contributed by atoms with Crippen molar-refractivity contribution in [3.8, 4) is 33.4 Å². The Morgan fingerprint density at radius 1 is 0.758 bits per heavy atom. The highest BCUT2D eigenvalue weighted by atomic mass is 79.9. The first-order valence-corrected chi connectivity index (χ1v) is 11.7. The Hall–Kier alpha value is -3.50. The molecule has 0 unspecified atom stereocenters. The van der Waals surface area contributed by atoms with E-state index in [0.29, 0.717) is 10.0 Å². The fourth-order valence-electron chi connectivity index (χ4n) is 5.38. The average Bonchev–Trinajstić information content (AvgIpc) is 3.17. The molecule has 160 valence electrons. The topological polar surface area (TPSA) is 43.1 Å². The number of benzene rings is 4. The summed E-state index contributed by atoms with van der Waals surface area (Å²) in [6.45, 7) is 4.44. The molecular formula is C29H20BrNO2. The molecule has 0 fully saturated rings. The molecule has 0 saturated heterocycles. The first kappa shape index (κ1) is 20.1. The van der Waals surface area contributed by atoms with E-state index in [1.54, 1.807) is 6.07 Å². The van der Waals surface area contributed by atoms with Crippen LogP contribution >= 0.6 is 15.9 Å². The lowest BCUT2D eigenvalue weighted by Crippen LogP contribution is -2.35. The van der Waals surface area contributed by atoms with Crippen molar-refractivity contribution in [3.63, 3.8) is 0 Å². The zero-order valence-electron chi connectivity index (χ0n) is 18.2. The van der Waals surface area contributed by atoms with E-state index in [0.717, 1.165) is 16.7 Å². The molecule has 0 aliphatic heterocycles. The highest BCUT2D eigenvalue weighted by molar-refractivity contribution is 9.10. The van der Waals surface area contributed by atoms with E-state index < -0.39 is 0 Å². The van der Waals surface area contributed by atoms with Gasteiger partial charge < -0.3 is 0 Å². The summed E-state index contributed by atoms with van der Waals surface area (Å²) in [6.07, 6.45) is 4.62. The quantitative estimate of drug-likeness (QED) is 0.206. The Kier molecular flexibility index (Phi) is 4.27. The van der Waals surface area contributed by atoms with Gasteiger partial charge in [-0.05, 0) is 83.5 Å². The second kappa shape index (κ2) is 7.00. The Morgan fingerprint density at radius 2 is 1.45 bits per heavy atom. The molecule has 4 aromatic rings. The van der Waals surface area contributed by atoms with Crippen LogP contribution in [0.1, 0.15) is 25.0 Å². The second-order valence-corrected chi connectivity index (χ2v) is 10.1. The van der Waals surface area contributed by atoms with Crippen LogP contribution in [-0.4, -0.2) is 4.92 Å². The van der Waals surface area contributed by atoms with Gasteiger partial charge in [0.05, 0.1) is 15.0 Å². The van der Waals surface area contributed by atoms with Crippen LogP contribution in [-0.2, 0) is 5.41 Å². The smallest absolute Gasteiger partial charge is 0.258 e. The van der Waals surface area contributed by atoms with Gasteiger partial charge in [0.1, 0.15) is 0 Å². The fourth-order valence-corrected chi connectivity index (χ4v) is 5.90. The van der Waals surface area contributed by atoms with Gasteiger partial charge >= 0.3 is 0 Å². The van der Waals surface area contributed by atoms with E-state index in [-0.39, 0.29) is 16.0 Å². The van der Waals surface area contributed by atoms with Crippen molar-refractivity contribution in [1.29, 1.82) is 0 Å². The van der Waals surface area contributed by atoms with Crippen LogP contribution in [0.4, 0.5) is 5.69 Å². The number of para-hydroxylation sites is 1. The molecule has 0 N–H and O–H groups in total. The number of rotatable bonds is 2. The monoisotopic (exact) mass is 493 g/mol. The van der Waals surface area contributed by atoms with Crippen LogP contribution in [0.15, 0.2) is 77.3 Å². The van der Waals surface area contributed by atoms with Crippen LogP contribution in [0, 0.1) is 10.1 Å². The maximum absolute atomic E-state index is 12.0. The van der Waals surface area contributed by atoms with Crippen LogP contribution in [0.5, 0.6) is 0 Å². The van der Waals surface area contributed by atoms with Gasteiger partial charge in [0.2, 0.25) is 0 Å². The minimum absolute atomic E-state index is 0.0972. The SMILES string of the molecule is CC1(C)C=c2c(ccc3c2=Cc2ccccc2-3)-c2c(-c3cccc(Br)c3[N+](=O)[O-])cccc21. The summed E-state index contributed by atoms with van der Waals surface area (Å²) in [5.41, 5.74) is 8.49. The molecule has 2 aliphatic rings. The van der Waals surface area contributed by atoms with Crippen LogP contribution < -0.4 is 10.4 Å². The van der Waals surface area contributed by atoms with Gasteiger partial charge in [-0.1, -0.05) is 80.6 Å². The van der Waals surface area contributed by atoms with Crippen molar-refractivity contribution >= 4 is 33.8 Å². The van der Waals surface area contributed by atoms with Crippen LogP contribution in [0.2, 0.25) is 0 Å². The van der Waals surface area contributed by atoms with Crippen molar-refractivity contribution in [2.45, 2.75) is 19.3 Å². The number of hydrogen-bond donors (Lipinski definition) is 0. The number of nitrogens with zero attached hydrogens (tertiary/aromatic N) is 1. The second-order valence-electron chi connectivity index (χ2n) is 9.21. The molecular weight excluding hydrogens is 474 g/mol. The van der Waals surface area contributed by atoms with E-state index in [9.17, 15) is 10.1 Å². The molecule has 6 rings (SSSR count). The lowest BCUT2D eigenvalue weighted by molar-refractivity contribution is -0.385. The standard InChI is InChI=1S/C29H20BrNO2/c1-29(2)16-24-21(14-13-19-18-8-4-3-7-17(18)15-23(19)24)27-20(9-5-11-25(27)29)22-10-6-12-26(30)28(22)31(32)33/h3-16H,1-2H3. The number of fused-ring (bicyclic) bond motifs is 7. The van der Waals surface area contributed by atoms with Crippen molar-refractivity contribution in [2.75, 3.05) is 0 Å². The predicted molar refractivity (Wildman–Crippen MR) is 137 cm³/mol. The molecule has 0 amide bonds. The molecule has 0 heterocycles. The summed E-state index contributed by atoms with van der Waals surface area (Å²) < 4.78 is 0.488. The third-order valence-electron chi connectivity index (χ3n) is 6.83. The van der Waals surface area contributed by atoms with Crippen molar-refractivity contribution in [1.82, 2.24) is 0 Å². The highest BCUT2D eigenvalue weighted by Gasteiger charge is 2.31. The fraction of sp³-hybridized carbons (Fsp3) is 0.103. The normalized spacial score (nSPS) is 14.3. The van der Waals surface area contributed by atoms with Crippen molar-refractivity contribution in [3.05, 3.63) is 109 Å². The van der Waals surface area contributed by atoms with Gasteiger partial charge in [0, 0.05) is 5.41 Å². The Labute approximate surface area is 200 Å². The van der Waals surface area contributed by atoms with E-state index in [2.05, 4.69) is 84.4 Å². The van der Waals surface area contributed by atoms with Crippen molar-refractivity contribution in [2.24, 2.45) is 0 Å². The van der Waals surface area contributed by atoms with Gasteiger partial charge in [0.15, 0.2) is 0 Å². The average molecular weight is 494 g/mol. The number of nitro groups is 1. The molecule has 2 aliphatic carbocycles. The lowest BCUT2D eigenvalue weighted by Gasteiger charge is -2.31. The number of halogens is 1. The molecule has 0 saturated carbocycles. The first-order chi connectivity index (χ1) is 15.9. The molecule has 4 aromatic carbocycles. The van der Waals surface area contributed by atoms with Crippen molar-refractivity contribution < 1.29 is 4.92 Å². The van der Waals surface area contributed by atoms with Crippen LogP contribution in [0.25, 0.3) is 45.5 Å². The largest absolute Gasteiger partial charge is 0.291 e. The van der Waals surface area contributed by atoms with E-state index in [1.807, 2.05) is 24.3 Å². The molecule has 0 atom stereocenters. The Balaban J connectivity index is 1.73. The summed E-state index contributed by atoms with van der Waals surface area (Å²) in [5, 5.41) is 14.4. The lowest BCUT2D eigenvalue weighted by atomic mass is 9.72. The van der Waals surface area contributed by atoms with Gasteiger partial charge in [-0.25, -0.2) is 0 Å². The van der Waals surface area contributed by atoms with Gasteiger partial charge in [-0.2, -0.15) is 0 Å². The summed E-state index contributed by atoms with van der Waals surface area (Å²) in [6, 6.07) is 24.4. The zero-order valence-corrected chi connectivity index (χ0v) is 19.8. The summed E-state index contributed by atoms with van der Waals surface area (Å²) in [5.74, 6) is 0. The Morgan fingerprint density at radius 3 is 2.27 bits per heavy atom. The highest BCUT2D eigenvalue weighted by Crippen LogP contribution is 2.46. The number of hydrogen-bond acceptors (Lipinski definition) is 2.